The van der Waals surface area contributed by atoms with Crippen molar-refractivity contribution in [1.82, 2.24) is 19.3 Å². The fourth-order valence-corrected chi connectivity index (χ4v) is 4.61. The van der Waals surface area contributed by atoms with E-state index in [0.717, 1.165) is 24.1 Å². The zero-order chi connectivity index (χ0) is 22.0. The minimum Gasteiger partial charge on any atom is -0.376 e. The molecular weight excluding hydrogens is 414 g/mol. The molecule has 164 valence electrons. The van der Waals surface area contributed by atoms with Crippen LogP contribution in [-0.2, 0) is 22.6 Å². The average molecular weight is 442 g/mol. The van der Waals surface area contributed by atoms with Crippen molar-refractivity contribution in [1.29, 1.82) is 0 Å². The van der Waals surface area contributed by atoms with E-state index in [1.165, 1.54) is 11.8 Å². The number of carbonyl (C=O) groups excluding carboxylic acids is 1. The quantitative estimate of drug-likeness (QED) is 0.447. The standard InChI is InChI=1S/C22H27N5O3S/c1-4-27-20-19(15(3)25-27)24-22(26(21(20)29)12-16-9-7-11-30-16)31-13-18(28)23-17-10-6-5-8-14(17)2/h5-6,8,10,16H,4,7,9,11-13H2,1-3H3,(H,23,28). The molecule has 1 amide bonds. The number of amides is 1. The zero-order valence-electron chi connectivity index (χ0n) is 18.1. The van der Waals surface area contributed by atoms with Crippen molar-refractivity contribution in [2.24, 2.45) is 0 Å². The number of hydrogen-bond acceptors (Lipinski definition) is 6. The highest BCUT2D eigenvalue weighted by Gasteiger charge is 2.23. The molecule has 3 aromatic rings. The maximum atomic E-state index is 13.4. The summed E-state index contributed by atoms with van der Waals surface area (Å²) in [4.78, 5) is 30.7. The molecule has 9 heteroatoms. The van der Waals surface area contributed by atoms with Gasteiger partial charge in [0.1, 0.15) is 5.52 Å². The third-order valence-electron chi connectivity index (χ3n) is 5.44. The van der Waals surface area contributed by atoms with Gasteiger partial charge in [-0.2, -0.15) is 5.10 Å². The van der Waals surface area contributed by atoms with Crippen molar-refractivity contribution < 1.29 is 9.53 Å². The number of aromatic nitrogens is 4. The molecule has 1 unspecified atom stereocenters. The fraction of sp³-hybridized carbons (Fsp3) is 0.455. The first-order valence-corrected chi connectivity index (χ1v) is 11.5. The SMILES string of the molecule is CCn1nc(C)c2nc(SCC(=O)Nc3ccccc3C)n(CC3CCCO3)c(=O)c21. The van der Waals surface area contributed by atoms with Gasteiger partial charge < -0.3 is 10.1 Å². The second-order valence-corrected chi connectivity index (χ2v) is 8.64. The third kappa shape index (κ3) is 4.52. The Bertz CT molecular complexity index is 1160. The number of anilines is 1. The minimum atomic E-state index is -0.140. The van der Waals surface area contributed by atoms with Crippen molar-refractivity contribution in [2.45, 2.75) is 58.0 Å². The summed E-state index contributed by atoms with van der Waals surface area (Å²) in [6.07, 6.45) is 1.88. The van der Waals surface area contributed by atoms with Gasteiger partial charge in [0.05, 0.1) is 24.1 Å². The molecule has 2 aromatic heterocycles. The van der Waals surface area contributed by atoms with Gasteiger partial charge in [0, 0.05) is 18.8 Å². The van der Waals surface area contributed by atoms with Crippen molar-refractivity contribution in [3.05, 3.63) is 45.9 Å². The number of thioether (sulfide) groups is 1. The van der Waals surface area contributed by atoms with E-state index in [1.54, 1.807) is 9.25 Å². The van der Waals surface area contributed by atoms with Gasteiger partial charge >= 0.3 is 0 Å². The summed E-state index contributed by atoms with van der Waals surface area (Å²) >= 11 is 1.27. The predicted octanol–water partition coefficient (Wildman–Crippen LogP) is 3.14. The maximum absolute atomic E-state index is 13.4. The Kier molecular flexibility index (Phi) is 6.43. The molecule has 1 atom stereocenters. The van der Waals surface area contributed by atoms with Crippen molar-refractivity contribution in [2.75, 3.05) is 17.7 Å². The van der Waals surface area contributed by atoms with Crippen molar-refractivity contribution in [3.8, 4) is 0 Å². The summed E-state index contributed by atoms with van der Waals surface area (Å²) in [7, 11) is 0. The van der Waals surface area contributed by atoms with Crippen LogP contribution < -0.4 is 10.9 Å². The molecule has 1 saturated heterocycles. The van der Waals surface area contributed by atoms with Gasteiger partial charge in [0.25, 0.3) is 5.56 Å². The van der Waals surface area contributed by atoms with Gasteiger partial charge in [-0.1, -0.05) is 30.0 Å². The van der Waals surface area contributed by atoms with E-state index in [-0.39, 0.29) is 23.3 Å². The molecule has 31 heavy (non-hydrogen) atoms. The van der Waals surface area contributed by atoms with E-state index in [0.29, 0.717) is 41.6 Å². The third-order valence-corrected chi connectivity index (χ3v) is 6.42. The number of aryl methyl sites for hydroxylation is 3. The molecule has 0 radical (unpaired) electrons. The van der Waals surface area contributed by atoms with Crippen LogP contribution in [0.1, 0.15) is 31.0 Å². The number of hydrogen-bond donors (Lipinski definition) is 1. The Hall–Kier alpha value is -2.65. The van der Waals surface area contributed by atoms with Crippen LogP contribution in [0.4, 0.5) is 5.69 Å². The summed E-state index contributed by atoms with van der Waals surface area (Å²) in [5.74, 6) is 0.0111. The lowest BCUT2D eigenvalue weighted by atomic mass is 10.2. The number of benzene rings is 1. The molecule has 1 aromatic carbocycles. The maximum Gasteiger partial charge on any atom is 0.280 e. The number of rotatable bonds is 7. The van der Waals surface area contributed by atoms with E-state index in [9.17, 15) is 9.59 Å². The van der Waals surface area contributed by atoms with E-state index in [4.69, 9.17) is 9.72 Å². The smallest absolute Gasteiger partial charge is 0.280 e. The molecule has 1 N–H and O–H groups in total. The van der Waals surface area contributed by atoms with Gasteiger partial charge in [-0.25, -0.2) is 4.98 Å². The number of fused-ring (bicyclic) bond motifs is 1. The second-order valence-electron chi connectivity index (χ2n) is 7.70. The first-order chi connectivity index (χ1) is 15.0. The van der Waals surface area contributed by atoms with Crippen LogP contribution in [0.3, 0.4) is 0 Å². The first-order valence-electron chi connectivity index (χ1n) is 10.6. The van der Waals surface area contributed by atoms with Crippen LogP contribution >= 0.6 is 11.8 Å². The number of nitrogens with one attached hydrogen (secondary N) is 1. The number of ether oxygens (including phenoxy) is 1. The van der Waals surface area contributed by atoms with Gasteiger partial charge in [-0.15, -0.1) is 0 Å². The van der Waals surface area contributed by atoms with E-state index < -0.39 is 0 Å². The highest BCUT2D eigenvalue weighted by Crippen LogP contribution is 2.23. The molecule has 1 aliphatic rings. The Morgan fingerprint density at radius 2 is 2.13 bits per heavy atom. The van der Waals surface area contributed by atoms with Crippen molar-refractivity contribution >= 4 is 34.4 Å². The molecule has 4 rings (SSSR count). The average Bonchev–Trinajstić information content (AvgIpc) is 3.38. The highest BCUT2D eigenvalue weighted by atomic mass is 32.2. The topological polar surface area (TPSA) is 91.0 Å². The van der Waals surface area contributed by atoms with Crippen LogP contribution in [0.25, 0.3) is 11.0 Å². The van der Waals surface area contributed by atoms with Gasteiger partial charge in [0.15, 0.2) is 10.7 Å². The molecule has 0 spiro atoms. The fourth-order valence-electron chi connectivity index (χ4n) is 3.81. The van der Waals surface area contributed by atoms with Gasteiger partial charge in [-0.3, -0.25) is 18.8 Å². The van der Waals surface area contributed by atoms with Crippen LogP contribution in [-0.4, -0.2) is 43.7 Å². The summed E-state index contributed by atoms with van der Waals surface area (Å²) in [6.45, 7) is 7.48. The van der Waals surface area contributed by atoms with Crippen LogP contribution in [0.2, 0.25) is 0 Å². The highest BCUT2D eigenvalue weighted by molar-refractivity contribution is 7.99. The van der Waals surface area contributed by atoms with Crippen LogP contribution in [0, 0.1) is 13.8 Å². The molecule has 0 saturated carbocycles. The Morgan fingerprint density at radius 1 is 1.32 bits per heavy atom. The summed E-state index contributed by atoms with van der Waals surface area (Å²) in [5.41, 5.74) is 3.46. The van der Waals surface area contributed by atoms with E-state index in [1.807, 2.05) is 45.0 Å². The van der Waals surface area contributed by atoms with Crippen LogP contribution in [0.5, 0.6) is 0 Å². The molecule has 0 aliphatic carbocycles. The summed E-state index contributed by atoms with van der Waals surface area (Å²) in [6, 6.07) is 7.64. The molecule has 0 bridgehead atoms. The minimum absolute atomic E-state index is 0.0174. The molecule has 1 fully saturated rings. The van der Waals surface area contributed by atoms with Crippen molar-refractivity contribution in [3.63, 3.8) is 0 Å². The molecule has 3 heterocycles. The summed E-state index contributed by atoms with van der Waals surface area (Å²) in [5, 5.41) is 7.92. The normalized spacial score (nSPS) is 16.2. The Balaban J connectivity index is 1.63. The number of nitrogens with zero attached hydrogens (tertiary/aromatic N) is 4. The predicted molar refractivity (Wildman–Crippen MR) is 122 cm³/mol. The lowest BCUT2D eigenvalue weighted by molar-refractivity contribution is -0.113. The first kappa shape index (κ1) is 21.6. The summed E-state index contributed by atoms with van der Waals surface area (Å²) < 4.78 is 9.11. The molecule has 8 nitrogen and oxygen atoms in total. The van der Waals surface area contributed by atoms with E-state index >= 15 is 0 Å². The Labute approximate surface area is 185 Å². The van der Waals surface area contributed by atoms with Gasteiger partial charge in [0.2, 0.25) is 5.91 Å². The number of para-hydroxylation sites is 1. The monoisotopic (exact) mass is 441 g/mol. The Morgan fingerprint density at radius 3 is 2.84 bits per heavy atom. The zero-order valence-corrected chi connectivity index (χ0v) is 18.9. The number of carbonyl (C=O) groups is 1. The molecular formula is C22H27N5O3S. The molecule has 1 aliphatic heterocycles. The van der Waals surface area contributed by atoms with E-state index in [2.05, 4.69) is 10.4 Å². The van der Waals surface area contributed by atoms with Gasteiger partial charge in [-0.05, 0) is 45.2 Å². The lowest BCUT2D eigenvalue weighted by Gasteiger charge is -2.16. The second kappa shape index (κ2) is 9.23. The largest absolute Gasteiger partial charge is 0.376 e. The lowest BCUT2D eigenvalue weighted by Crippen LogP contribution is -2.30. The van der Waals surface area contributed by atoms with Crippen LogP contribution in [0.15, 0.2) is 34.2 Å².